The lowest BCUT2D eigenvalue weighted by Gasteiger charge is -2.14. The fourth-order valence-corrected chi connectivity index (χ4v) is 3.78. The first-order valence-corrected chi connectivity index (χ1v) is 11.5. The van der Waals surface area contributed by atoms with Gasteiger partial charge in [0, 0.05) is 16.9 Å². The molecule has 0 saturated heterocycles. The summed E-state index contributed by atoms with van der Waals surface area (Å²) in [6.45, 7) is 8.10. The third-order valence-corrected chi connectivity index (χ3v) is 5.12. The molecule has 3 rings (SSSR count). The molecule has 9 heteroatoms. The maximum Gasteiger partial charge on any atom is 0.269 e. The van der Waals surface area contributed by atoms with Gasteiger partial charge in [-0.1, -0.05) is 12.1 Å². The van der Waals surface area contributed by atoms with Crippen molar-refractivity contribution in [1.82, 2.24) is 16.3 Å². The first-order valence-electron chi connectivity index (χ1n) is 10.6. The topological polar surface area (TPSA) is 89.2 Å². The second-order valence-corrected chi connectivity index (χ2v) is 8.88. The molecule has 0 spiro atoms. The van der Waals surface area contributed by atoms with Crippen LogP contribution in [0.15, 0.2) is 60.7 Å². The summed E-state index contributed by atoms with van der Waals surface area (Å²) in [5.41, 5.74) is 18.8. The van der Waals surface area contributed by atoms with E-state index in [2.05, 4.69) is 44.5 Å². The second-order valence-electron chi connectivity index (χ2n) is 8.07. The Kier molecular flexibility index (Phi) is 8.39. The summed E-state index contributed by atoms with van der Waals surface area (Å²) in [6, 6.07) is 19.1. The van der Waals surface area contributed by atoms with E-state index in [1.165, 1.54) is 0 Å². The molecule has 0 aromatic heterocycles. The van der Waals surface area contributed by atoms with Gasteiger partial charge in [0.2, 0.25) is 0 Å². The van der Waals surface area contributed by atoms with Gasteiger partial charge in [-0.25, -0.2) is 0 Å². The summed E-state index contributed by atoms with van der Waals surface area (Å²) in [7, 11) is 0. The number of rotatable bonds is 5. The monoisotopic (exact) mass is 492 g/mol. The average molecular weight is 493 g/mol. The van der Waals surface area contributed by atoms with Gasteiger partial charge in [-0.05, 0) is 123 Å². The molecule has 0 aliphatic heterocycles. The minimum Gasteiger partial charge on any atom is -0.331 e. The van der Waals surface area contributed by atoms with Crippen LogP contribution in [-0.2, 0) is 0 Å². The van der Waals surface area contributed by atoms with E-state index in [9.17, 15) is 4.79 Å². The predicted octanol–water partition coefficient (Wildman–Crippen LogP) is 4.87. The molecule has 176 valence electrons. The number of benzene rings is 3. The van der Waals surface area contributed by atoms with E-state index >= 15 is 0 Å². The molecule has 0 atom stereocenters. The van der Waals surface area contributed by atoms with Crippen molar-refractivity contribution in [3.05, 3.63) is 88.5 Å². The third kappa shape index (κ3) is 7.72. The Morgan fingerprint density at radius 3 is 1.50 bits per heavy atom. The smallest absolute Gasteiger partial charge is 0.269 e. The summed E-state index contributed by atoms with van der Waals surface area (Å²) in [4.78, 5) is 12.4. The number of thiocarbonyl (C=S) groups is 2. The number of hydrogen-bond acceptors (Lipinski definition) is 4. The molecule has 0 aliphatic rings. The Morgan fingerprint density at radius 1 is 0.588 bits per heavy atom. The van der Waals surface area contributed by atoms with Crippen LogP contribution in [-0.4, -0.2) is 16.1 Å². The highest BCUT2D eigenvalue weighted by Gasteiger charge is 2.07. The van der Waals surface area contributed by atoms with Crippen LogP contribution in [0.1, 0.15) is 32.6 Å². The maximum absolute atomic E-state index is 12.4. The van der Waals surface area contributed by atoms with E-state index in [0.29, 0.717) is 15.8 Å². The van der Waals surface area contributed by atoms with E-state index in [-0.39, 0.29) is 5.91 Å². The van der Waals surface area contributed by atoms with Crippen LogP contribution in [0.2, 0.25) is 0 Å². The maximum atomic E-state index is 12.4. The van der Waals surface area contributed by atoms with Crippen molar-refractivity contribution in [2.75, 3.05) is 16.1 Å². The third-order valence-electron chi connectivity index (χ3n) is 4.72. The highest BCUT2D eigenvalue weighted by Crippen LogP contribution is 2.15. The largest absolute Gasteiger partial charge is 0.331 e. The van der Waals surface area contributed by atoms with Crippen molar-refractivity contribution in [3.8, 4) is 0 Å². The van der Waals surface area contributed by atoms with Gasteiger partial charge in [-0.2, -0.15) is 0 Å². The van der Waals surface area contributed by atoms with E-state index in [1.54, 1.807) is 24.3 Å². The van der Waals surface area contributed by atoms with E-state index in [4.69, 9.17) is 24.4 Å². The Morgan fingerprint density at radius 2 is 1.03 bits per heavy atom. The molecule has 1 amide bonds. The molecule has 34 heavy (non-hydrogen) atoms. The van der Waals surface area contributed by atoms with Crippen LogP contribution >= 0.6 is 24.4 Å². The van der Waals surface area contributed by atoms with Crippen molar-refractivity contribution in [2.24, 2.45) is 0 Å². The molecule has 0 saturated carbocycles. The van der Waals surface area contributed by atoms with Crippen molar-refractivity contribution in [2.45, 2.75) is 27.7 Å². The number of carbonyl (C=O) groups excluding carboxylic acids is 1. The standard InChI is InChI=1S/C25H28N6OS2/c1-15-9-16(2)12-21(11-15)26-24(33)30-28-20-7-5-19(6-8-20)23(32)29-31-25(34)27-22-13-17(3)10-18(4)14-22/h5-14,28H,1-4H3,(H,29,32)(H2,26,30,33)(H2,27,31,34). The zero-order valence-corrected chi connectivity index (χ0v) is 21.1. The van der Waals surface area contributed by atoms with Gasteiger partial charge in [-0.15, -0.1) is 0 Å². The van der Waals surface area contributed by atoms with Gasteiger partial charge in [0.05, 0.1) is 5.69 Å². The Labute approximate surface area is 210 Å². The molecule has 0 aliphatic carbocycles. The number of aryl methyl sites for hydroxylation is 4. The quantitative estimate of drug-likeness (QED) is 0.222. The molecule has 0 fully saturated rings. The molecule has 0 heterocycles. The van der Waals surface area contributed by atoms with Crippen LogP contribution in [0.25, 0.3) is 0 Å². The Balaban J connectivity index is 1.45. The zero-order valence-electron chi connectivity index (χ0n) is 19.5. The number of hydrazine groups is 2. The highest BCUT2D eigenvalue weighted by atomic mass is 32.1. The minimum absolute atomic E-state index is 0.297. The second kappa shape index (κ2) is 11.4. The van der Waals surface area contributed by atoms with Gasteiger partial charge in [-0.3, -0.25) is 26.5 Å². The lowest BCUT2D eigenvalue weighted by Crippen LogP contribution is -2.43. The van der Waals surface area contributed by atoms with Crippen LogP contribution in [0.3, 0.4) is 0 Å². The SMILES string of the molecule is Cc1cc(C)cc(NC(=S)NNC(=O)c2ccc(NNC(=S)Nc3cc(C)cc(C)c3)cc2)c1. The van der Waals surface area contributed by atoms with Crippen molar-refractivity contribution in [1.29, 1.82) is 0 Å². The first kappa shape index (κ1) is 24.9. The molecule has 3 aromatic rings. The number of carbonyl (C=O) groups is 1. The molecular weight excluding hydrogens is 464 g/mol. The van der Waals surface area contributed by atoms with Crippen LogP contribution < -0.4 is 32.3 Å². The van der Waals surface area contributed by atoms with Crippen molar-refractivity contribution < 1.29 is 4.79 Å². The number of anilines is 3. The fourth-order valence-electron chi connectivity index (χ4n) is 3.44. The molecule has 6 N–H and O–H groups in total. The van der Waals surface area contributed by atoms with Crippen LogP contribution in [0.4, 0.5) is 17.1 Å². The van der Waals surface area contributed by atoms with Crippen LogP contribution in [0, 0.1) is 27.7 Å². The summed E-state index contributed by atoms with van der Waals surface area (Å²) in [5, 5.41) is 6.93. The molecule has 0 radical (unpaired) electrons. The predicted molar refractivity (Wildman–Crippen MR) is 148 cm³/mol. The molecule has 7 nitrogen and oxygen atoms in total. The number of nitrogens with one attached hydrogen (secondary N) is 6. The van der Waals surface area contributed by atoms with Crippen molar-refractivity contribution in [3.63, 3.8) is 0 Å². The highest BCUT2D eigenvalue weighted by molar-refractivity contribution is 7.80. The minimum atomic E-state index is -0.309. The molecule has 3 aromatic carbocycles. The fraction of sp³-hybridized carbons (Fsp3) is 0.160. The average Bonchev–Trinajstić information content (AvgIpc) is 2.75. The van der Waals surface area contributed by atoms with E-state index in [1.807, 2.05) is 52.0 Å². The van der Waals surface area contributed by atoms with Gasteiger partial charge in [0.1, 0.15) is 0 Å². The normalized spacial score (nSPS) is 10.1. The van der Waals surface area contributed by atoms with Gasteiger partial charge >= 0.3 is 0 Å². The van der Waals surface area contributed by atoms with Gasteiger partial charge in [0.15, 0.2) is 10.2 Å². The summed E-state index contributed by atoms with van der Waals surface area (Å²) in [5.74, 6) is -0.309. The Hall–Kier alpha value is -3.69. The molecular formula is C25H28N6OS2. The van der Waals surface area contributed by atoms with E-state index < -0.39 is 0 Å². The number of amides is 1. The van der Waals surface area contributed by atoms with Gasteiger partial charge in [0.25, 0.3) is 5.91 Å². The molecule has 0 bridgehead atoms. The Bertz CT molecular complexity index is 1170. The summed E-state index contributed by atoms with van der Waals surface area (Å²) < 4.78 is 0. The summed E-state index contributed by atoms with van der Waals surface area (Å²) >= 11 is 10.6. The van der Waals surface area contributed by atoms with Gasteiger partial charge < -0.3 is 10.6 Å². The lowest BCUT2D eigenvalue weighted by molar-refractivity contribution is 0.0944. The zero-order chi connectivity index (χ0) is 24.7. The number of hydrogen-bond donors (Lipinski definition) is 6. The van der Waals surface area contributed by atoms with Crippen molar-refractivity contribution >= 4 is 57.6 Å². The molecule has 0 unspecified atom stereocenters. The lowest BCUT2D eigenvalue weighted by atomic mass is 10.1. The summed E-state index contributed by atoms with van der Waals surface area (Å²) in [6.07, 6.45) is 0. The van der Waals surface area contributed by atoms with E-state index in [0.717, 1.165) is 39.3 Å². The van der Waals surface area contributed by atoms with Crippen LogP contribution in [0.5, 0.6) is 0 Å². The first-order chi connectivity index (χ1) is 16.2.